The van der Waals surface area contributed by atoms with Crippen molar-refractivity contribution in [1.82, 2.24) is 10.2 Å². The van der Waals surface area contributed by atoms with Gasteiger partial charge >= 0.3 is 0 Å². The Balaban J connectivity index is 1.88. The first-order chi connectivity index (χ1) is 8.61. The average Bonchev–Trinajstić information content (AvgIpc) is 2.52. The molecule has 2 aliphatic heterocycles. The third kappa shape index (κ3) is 3.91. The first-order valence-electron chi connectivity index (χ1n) is 6.78. The van der Waals surface area contributed by atoms with Crippen LogP contribution in [0.25, 0.3) is 0 Å². The van der Waals surface area contributed by atoms with Crippen molar-refractivity contribution >= 4 is 9.84 Å². The molecule has 0 bridgehead atoms. The van der Waals surface area contributed by atoms with E-state index >= 15 is 0 Å². The Morgan fingerprint density at radius 1 is 1.33 bits per heavy atom. The summed E-state index contributed by atoms with van der Waals surface area (Å²) in [5.74, 6) is 1.13. The lowest BCUT2D eigenvalue weighted by Crippen LogP contribution is -2.47. The van der Waals surface area contributed by atoms with E-state index < -0.39 is 9.84 Å². The molecule has 6 heteroatoms. The molecule has 2 atom stereocenters. The Hall–Kier alpha value is -0.170. The Morgan fingerprint density at radius 2 is 2.17 bits per heavy atom. The van der Waals surface area contributed by atoms with Gasteiger partial charge in [0.15, 0.2) is 9.84 Å². The fourth-order valence-corrected chi connectivity index (χ4v) is 4.17. The molecule has 0 aliphatic carbocycles. The molecule has 2 rings (SSSR count). The summed E-state index contributed by atoms with van der Waals surface area (Å²) in [4.78, 5) is 2.29. The Bertz CT molecular complexity index is 358. The van der Waals surface area contributed by atoms with E-state index in [-0.39, 0.29) is 0 Å². The second kappa shape index (κ2) is 6.32. The zero-order chi connectivity index (χ0) is 13.0. The smallest absolute Gasteiger partial charge is 0.151 e. The van der Waals surface area contributed by atoms with Crippen LogP contribution >= 0.6 is 0 Å². The minimum Gasteiger partial charge on any atom is -0.381 e. The van der Waals surface area contributed by atoms with Crippen molar-refractivity contribution in [2.24, 2.45) is 5.92 Å². The SMILES string of the molecule is CNC1CCOCC1CN1CCCS(=O)(=O)CC1. The predicted octanol–water partition coefficient (Wildman–Crippen LogP) is -0.269. The van der Waals surface area contributed by atoms with E-state index in [1.807, 2.05) is 7.05 Å². The highest BCUT2D eigenvalue weighted by molar-refractivity contribution is 7.91. The number of rotatable bonds is 3. The number of ether oxygens (including phenoxy) is 1. The molecule has 2 aliphatic rings. The highest BCUT2D eigenvalue weighted by Gasteiger charge is 2.28. The summed E-state index contributed by atoms with van der Waals surface area (Å²) in [6.45, 7) is 4.13. The lowest BCUT2D eigenvalue weighted by molar-refractivity contribution is 0.0194. The van der Waals surface area contributed by atoms with Crippen molar-refractivity contribution in [3.05, 3.63) is 0 Å². The van der Waals surface area contributed by atoms with Gasteiger partial charge in [-0.3, -0.25) is 0 Å². The van der Waals surface area contributed by atoms with E-state index in [4.69, 9.17) is 4.74 Å². The Labute approximate surface area is 110 Å². The van der Waals surface area contributed by atoms with Crippen molar-refractivity contribution in [1.29, 1.82) is 0 Å². The fourth-order valence-electron chi connectivity index (χ4n) is 2.86. The van der Waals surface area contributed by atoms with Crippen molar-refractivity contribution in [2.75, 3.05) is 51.4 Å². The third-order valence-corrected chi connectivity index (χ3v) is 5.70. The van der Waals surface area contributed by atoms with Crippen LogP contribution in [-0.4, -0.2) is 70.8 Å². The first kappa shape index (κ1) is 14.2. The van der Waals surface area contributed by atoms with Crippen LogP contribution in [0.1, 0.15) is 12.8 Å². The van der Waals surface area contributed by atoms with Crippen molar-refractivity contribution in [3.8, 4) is 0 Å². The van der Waals surface area contributed by atoms with Crippen LogP contribution < -0.4 is 5.32 Å². The van der Waals surface area contributed by atoms with Crippen LogP contribution in [0.2, 0.25) is 0 Å². The number of hydrogen-bond acceptors (Lipinski definition) is 5. The minimum atomic E-state index is -2.80. The summed E-state index contributed by atoms with van der Waals surface area (Å²) in [5.41, 5.74) is 0. The van der Waals surface area contributed by atoms with E-state index in [0.29, 0.717) is 30.0 Å². The second-order valence-corrected chi connectivity index (χ2v) is 7.63. The third-order valence-electron chi connectivity index (χ3n) is 3.99. The number of nitrogens with one attached hydrogen (secondary N) is 1. The summed E-state index contributed by atoms with van der Waals surface area (Å²) in [7, 11) is -0.805. The van der Waals surface area contributed by atoms with Gasteiger partial charge in [-0.05, 0) is 26.4 Å². The largest absolute Gasteiger partial charge is 0.381 e. The molecule has 2 heterocycles. The van der Waals surface area contributed by atoms with Gasteiger partial charge in [0.1, 0.15) is 0 Å². The van der Waals surface area contributed by atoms with Crippen molar-refractivity contribution < 1.29 is 13.2 Å². The molecule has 0 spiro atoms. The topological polar surface area (TPSA) is 58.6 Å². The highest BCUT2D eigenvalue weighted by atomic mass is 32.2. The fraction of sp³-hybridized carbons (Fsp3) is 1.00. The molecule has 0 aromatic carbocycles. The summed E-state index contributed by atoms with van der Waals surface area (Å²) in [6.07, 6.45) is 1.81. The number of nitrogens with zero attached hydrogens (tertiary/aromatic N) is 1. The van der Waals surface area contributed by atoms with E-state index in [1.165, 1.54) is 0 Å². The molecule has 2 fully saturated rings. The van der Waals surface area contributed by atoms with Gasteiger partial charge in [-0.25, -0.2) is 8.42 Å². The van der Waals surface area contributed by atoms with Gasteiger partial charge in [0.2, 0.25) is 0 Å². The molecule has 5 nitrogen and oxygen atoms in total. The van der Waals surface area contributed by atoms with Crippen LogP contribution in [0.4, 0.5) is 0 Å². The van der Waals surface area contributed by atoms with Gasteiger partial charge in [0.25, 0.3) is 0 Å². The maximum atomic E-state index is 11.6. The maximum Gasteiger partial charge on any atom is 0.151 e. The van der Waals surface area contributed by atoms with E-state index in [9.17, 15) is 8.42 Å². The van der Waals surface area contributed by atoms with Crippen molar-refractivity contribution in [3.63, 3.8) is 0 Å². The molecular weight excluding hydrogens is 252 g/mol. The first-order valence-corrected chi connectivity index (χ1v) is 8.60. The molecule has 0 saturated carbocycles. The summed E-state index contributed by atoms with van der Waals surface area (Å²) in [6, 6.07) is 0.499. The van der Waals surface area contributed by atoms with Gasteiger partial charge < -0.3 is 15.0 Å². The molecule has 0 aromatic heterocycles. The predicted molar refractivity (Wildman–Crippen MR) is 71.5 cm³/mol. The Kier molecular flexibility index (Phi) is 5.00. The van der Waals surface area contributed by atoms with Crippen LogP contribution in [0, 0.1) is 5.92 Å². The normalized spacial score (nSPS) is 34.1. The molecule has 2 unspecified atom stereocenters. The van der Waals surface area contributed by atoms with Gasteiger partial charge in [0, 0.05) is 31.7 Å². The highest BCUT2D eigenvalue weighted by Crippen LogP contribution is 2.17. The van der Waals surface area contributed by atoms with Crippen LogP contribution in [0.15, 0.2) is 0 Å². The summed E-state index contributed by atoms with van der Waals surface area (Å²) < 4.78 is 28.7. The zero-order valence-electron chi connectivity index (χ0n) is 11.1. The van der Waals surface area contributed by atoms with E-state index in [0.717, 1.165) is 39.1 Å². The number of hydrogen-bond donors (Lipinski definition) is 1. The molecule has 0 aromatic rings. The Morgan fingerprint density at radius 3 is 2.94 bits per heavy atom. The average molecular weight is 276 g/mol. The molecule has 106 valence electrons. The standard InChI is InChI=1S/C12H24N2O3S/c1-13-12-3-6-17-10-11(12)9-14-4-2-7-18(15,16)8-5-14/h11-13H,2-10H2,1H3. The summed E-state index contributed by atoms with van der Waals surface area (Å²) in [5, 5.41) is 3.35. The molecule has 1 N–H and O–H groups in total. The lowest BCUT2D eigenvalue weighted by atomic mass is 9.95. The van der Waals surface area contributed by atoms with Gasteiger partial charge in [0.05, 0.1) is 18.1 Å². The summed E-state index contributed by atoms with van der Waals surface area (Å²) >= 11 is 0. The quantitative estimate of drug-likeness (QED) is 0.769. The van der Waals surface area contributed by atoms with Crippen LogP contribution in [0.3, 0.4) is 0 Å². The zero-order valence-corrected chi connectivity index (χ0v) is 11.9. The second-order valence-electron chi connectivity index (χ2n) is 5.32. The van der Waals surface area contributed by atoms with Gasteiger partial charge in [-0.2, -0.15) is 0 Å². The maximum absolute atomic E-state index is 11.6. The lowest BCUT2D eigenvalue weighted by Gasteiger charge is -2.34. The van der Waals surface area contributed by atoms with Gasteiger partial charge in [-0.1, -0.05) is 0 Å². The minimum absolute atomic E-state index is 0.310. The molecule has 0 radical (unpaired) electrons. The molecular formula is C12H24N2O3S. The van der Waals surface area contributed by atoms with Crippen LogP contribution in [-0.2, 0) is 14.6 Å². The van der Waals surface area contributed by atoms with E-state index in [1.54, 1.807) is 0 Å². The van der Waals surface area contributed by atoms with E-state index in [2.05, 4.69) is 10.2 Å². The monoisotopic (exact) mass is 276 g/mol. The van der Waals surface area contributed by atoms with Gasteiger partial charge in [-0.15, -0.1) is 0 Å². The number of sulfone groups is 1. The molecule has 18 heavy (non-hydrogen) atoms. The van der Waals surface area contributed by atoms with Crippen molar-refractivity contribution in [2.45, 2.75) is 18.9 Å². The molecule has 2 saturated heterocycles. The van der Waals surface area contributed by atoms with Crippen LogP contribution in [0.5, 0.6) is 0 Å². The molecule has 0 amide bonds.